The molecule has 0 aliphatic carbocycles. The van der Waals surface area contributed by atoms with Crippen LogP contribution in [0.4, 0.5) is 0 Å². The Bertz CT molecular complexity index is 83.7. The van der Waals surface area contributed by atoms with E-state index in [4.69, 9.17) is 9.16 Å². The molecule has 1 aliphatic heterocycles. The van der Waals surface area contributed by atoms with Crippen molar-refractivity contribution in [2.45, 2.75) is 31.9 Å². The minimum absolute atomic E-state index is 0.603. The Morgan fingerprint density at radius 1 is 1.70 bits per heavy atom. The molecule has 1 atom stereocenters. The SMILES string of the molecule is CCO[Si]CCCC1CO1. The largest absolute Gasteiger partial charge is 0.418 e. The van der Waals surface area contributed by atoms with Crippen LogP contribution in [0, 0.1) is 0 Å². The molecule has 3 heteroatoms. The van der Waals surface area contributed by atoms with Gasteiger partial charge < -0.3 is 9.16 Å². The molecule has 0 aromatic carbocycles. The van der Waals surface area contributed by atoms with Gasteiger partial charge in [-0.25, -0.2) is 0 Å². The molecular weight excluding hydrogens is 144 g/mol. The van der Waals surface area contributed by atoms with Crippen LogP contribution in [0.3, 0.4) is 0 Å². The lowest BCUT2D eigenvalue weighted by atomic mass is 10.3. The molecule has 1 unspecified atom stereocenters. The average molecular weight is 158 g/mol. The first-order chi connectivity index (χ1) is 4.93. The first-order valence-electron chi connectivity index (χ1n) is 3.89. The fourth-order valence-corrected chi connectivity index (χ4v) is 1.51. The maximum Gasteiger partial charge on any atom is 0.229 e. The van der Waals surface area contributed by atoms with Crippen molar-refractivity contribution in [3.63, 3.8) is 0 Å². The van der Waals surface area contributed by atoms with Crippen molar-refractivity contribution in [2.75, 3.05) is 13.2 Å². The zero-order valence-electron chi connectivity index (χ0n) is 6.43. The summed E-state index contributed by atoms with van der Waals surface area (Å²) in [6.07, 6.45) is 3.11. The molecule has 2 nitrogen and oxygen atoms in total. The van der Waals surface area contributed by atoms with E-state index in [9.17, 15) is 0 Å². The number of rotatable bonds is 6. The van der Waals surface area contributed by atoms with Crippen LogP contribution in [-0.2, 0) is 9.16 Å². The molecule has 0 amide bonds. The van der Waals surface area contributed by atoms with Gasteiger partial charge in [0.15, 0.2) is 0 Å². The van der Waals surface area contributed by atoms with E-state index in [0.717, 1.165) is 13.2 Å². The van der Waals surface area contributed by atoms with E-state index in [1.807, 2.05) is 6.92 Å². The van der Waals surface area contributed by atoms with E-state index in [-0.39, 0.29) is 0 Å². The Morgan fingerprint density at radius 3 is 3.10 bits per heavy atom. The maximum atomic E-state index is 5.22. The Hall–Kier alpha value is 0.137. The second-order valence-corrected chi connectivity index (χ2v) is 3.50. The van der Waals surface area contributed by atoms with Gasteiger partial charge in [-0.05, 0) is 19.4 Å². The highest BCUT2D eigenvalue weighted by Crippen LogP contribution is 2.16. The van der Waals surface area contributed by atoms with E-state index in [2.05, 4.69) is 0 Å². The first-order valence-corrected chi connectivity index (χ1v) is 5.01. The third kappa shape index (κ3) is 4.03. The molecule has 1 saturated heterocycles. The monoisotopic (exact) mass is 158 g/mol. The Morgan fingerprint density at radius 2 is 2.50 bits per heavy atom. The molecule has 1 heterocycles. The summed E-state index contributed by atoms with van der Waals surface area (Å²) in [5, 5.41) is 0. The van der Waals surface area contributed by atoms with Crippen LogP contribution in [0.1, 0.15) is 19.8 Å². The Balaban J connectivity index is 1.68. The van der Waals surface area contributed by atoms with Crippen molar-refractivity contribution < 1.29 is 9.16 Å². The van der Waals surface area contributed by atoms with Gasteiger partial charge in [-0.1, -0.05) is 6.42 Å². The lowest BCUT2D eigenvalue weighted by molar-refractivity contribution is 0.356. The van der Waals surface area contributed by atoms with Gasteiger partial charge >= 0.3 is 0 Å². The molecule has 58 valence electrons. The normalized spacial score (nSPS) is 23.1. The van der Waals surface area contributed by atoms with Gasteiger partial charge in [0.1, 0.15) is 0 Å². The van der Waals surface area contributed by atoms with Crippen molar-refractivity contribution in [1.82, 2.24) is 0 Å². The van der Waals surface area contributed by atoms with Crippen molar-refractivity contribution in [3.8, 4) is 0 Å². The van der Waals surface area contributed by atoms with Crippen LogP contribution in [0.25, 0.3) is 0 Å². The highest BCUT2D eigenvalue weighted by atomic mass is 28.2. The third-order valence-corrected chi connectivity index (χ3v) is 2.50. The van der Waals surface area contributed by atoms with E-state index in [1.54, 1.807) is 0 Å². The molecule has 0 N–H and O–H groups in total. The maximum absolute atomic E-state index is 5.22. The van der Waals surface area contributed by atoms with Gasteiger partial charge in [-0.3, -0.25) is 0 Å². The third-order valence-electron chi connectivity index (χ3n) is 1.45. The molecule has 0 saturated carbocycles. The van der Waals surface area contributed by atoms with Crippen LogP contribution in [0.15, 0.2) is 0 Å². The zero-order chi connectivity index (χ0) is 7.23. The summed E-state index contributed by atoms with van der Waals surface area (Å²) >= 11 is 0. The fraction of sp³-hybridized carbons (Fsp3) is 1.00. The predicted molar refractivity (Wildman–Crippen MR) is 41.2 cm³/mol. The van der Waals surface area contributed by atoms with Crippen LogP contribution < -0.4 is 0 Å². The number of hydrogen-bond acceptors (Lipinski definition) is 2. The molecule has 10 heavy (non-hydrogen) atoms. The van der Waals surface area contributed by atoms with Crippen molar-refractivity contribution in [2.24, 2.45) is 0 Å². The molecule has 1 aliphatic rings. The van der Waals surface area contributed by atoms with Crippen molar-refractivity contribution in [3.05, 3.63) is 0 Å². The Kier molecular flexibility index (Phi) is 4.02. The predicted octanol–water partition coefficient (Wildman–Crippen LogP) is 1.24. The molecule has 0 aromatic rings. The van der Waals surface area contributed by atoms with Crippen LogP contribution >= 0.6 is 0 Å². The highest BCUT2D eigenvalue weighted by molar-refractivity contribution is 6.26. The summed E-state index contributed by atoms with van der Waals surface area (Å²) in [5.74, 6) is 0. The fourth-order valence-electron chi connectivity index (χ4n) is 0.811. The quantitative estimate of drug-likeness (QED) is 0.329. The van der Waals surface area contributed by atoms with Crippen molar-refractivity contribution in [1.29, 1.82) is 0 Å². The van der Waals surface area contributed by atoms with E-state index < -0.39 is 0 Å². The summed E-state index contributed by atoms with van der Waals surface area (Å²) in [6.45, 7) is 3.90. The molecule has 1 fully saturated rings. The lowest BCUT2D eigenvalue weighted by Gasteiger charge is -1.96. The van der Waals surface area contributed by atoms with Crippen LogP contribution in [0.5, 0.6) is 0 Å². The smallest absolute Gasteiger partial charge is 0.229 e. The molecule has 0 spiro atoms. The van der Waals surface area contributed by atoms with Gasteiger partial charge in [-0.2, -0.15) is 0 Å². The number of ether oxygens (including phenoxy) is 1. The summed E-state index contributed by atoms with van der Waals surface area (Å²) in [7, 11) is 0.704. The van der Waals surface area contributed by atoms with E-state index >= 15 is 0 Å². The topological polar surface area (TPSA) is 21.8 Å². The van der Waals surface area contributed by atoms with Gasteiger partial charge in [0.2, 0.25) is 9.76 Å². The van der Waals surface area contributed by atoms with Gasteiger partial charge in [0.25, 0.3) is 0 Å². The van der Waals surface area contributed by atoms with Crippen LogP contribution in [0.2, 0.25) is 6.04 Å². The highest BCUT2D eigenvalue weighted by Gasteiger charge is 2.20. The summed E-state index contributed by atoms with van der Waals surface area (Å²) in [5.41, 5.74) is 0. The number of epoxide rings is 1. The summed E-state index contributed by atoms with van der Waals surface area (Å²) in [4.78, 5) is 0. The summed E-state index contributed by atoms with van der Waals surface area (Å²) < 4.78 is 10.3. The zero-order valence-corrected chi connectivity index (χ0v) is 7.43. The molecule has 0 aromatic heterocycles. The standard InChI is InChI=1S/C7H14O2Si/c1-2-9-10-5-3-4-7-6-8-7/h7H,2-6H2,1H3. The minimum atomic E-state index is 0.603. The molecule has 1 rings (SSSR count). The van der Waals surface area contributed by atoms with E-state index in [1.165, 1.54) is 18.9 Å². The molecular formula is C7H14O2Si. The Labute approximate surface area is 64.8 Å². The van der Waals surface area contributed by atoms with E-state index in [0.29, 0.717) is 15.9 Å². The van der Waals surface area contributed by atoms with Crippen LogP contribution in [-0.4, -0.2) is 29.1 Å². The summed E-state index contributed by atoms with van der Waals surface area (Å²) in [6, 6.07) is 1.22. The van der Waals surface area contributed by atoms with Gasteiger partial charge in [0.05, 0.1) is 12.7 Å². The average Bonchev–Trinajstić information content (AvgIpc) is 2.71. The molecule has 2 radical (unpaired) electrons. The number of hydrogen-bond donors (Lipinski definition) is 0. The van der Waals surface area contributed by atoms with Gasteiger partial charge in [-0.15, -0.1) is 0 Å². The second kappa shape index (κ2) is 4.88. The lowest BCUT2D eigenvalue weighted by Crippen LogP contribution is -1.97. The molecule has 0 bridgehead atoms. The van der Waals surface area contributed by atoms with Gasteiger partial charge in [0, 0.05) is 6.61 Å². The first kappa shape index (κ1) is 8.24. The van der Waals surface area contributed by atoms with Crippen molar-refractivity contribution >= 4 is 9.76 Å². The second-order valence-electron chi connectivity index (χ2n) is 2.42. The minimum Gasteiger partial charge on any atom is -0.418 e.